The van der Waals surface area contributed by atoms with E-state index in [1.807, 2.05) is 29.5 Å². The molecule has 61 heavy (non-hydrogen) atoms. The zero-order valence-electron chi connectivity index (χ0n) is 33.6. The normalized spacial score (nSPS) is 12.0. The molecule has 0 amide bonds. The summed E-state index contributed by atoms with van der Waals surface area (Å²) in [5, 5.41) is 12.3. The van der Waals surface area contributed by atoms with E-state index in [1.54, 1.807) is 0 Å². The van der Waals surface area contributed by atoms with Crippen LogP contribution < -0.4 is 0 Å². The Morgan fingerprint density at radius 3 is 1.62 bits per heavy atom. The molecule has 0 aliphatic rings. The molecule has 1 nitrogen and oxygen atoms in total. The number of para-hydroxylation sites is 1. The molecule has 0 saturated carbocycles. The minimum atomic E-state index is 0.894. The second kappa shape index (κ2) is 14.1. The van der Waals surface area contributed by atoms with E-state index >= 15 is 0 Å². The van der Waals surface area contributed by atoms with Crippen LogP contribution in [0.25, 0.3) is 125 Å². The Kier molecular flexibility index (Phi) is 8.16. The predicted molar refractivity (Wildman–Crippen MR) is 265 cm³/mol. The van der Waals surface area contributed by atoms with Crippen molar-refractivity contribution < 1.29 is 4.42 Å². The molecule has 2 aromatic heterocycles. The number of hydrogen-bond donors (Lipinski definition) is 0. The lowest BCUT2D eigenvalue weighted by atomic mass is 9.83. The van der Waals surface area contributed by atoms with Crippen LogP contribution in [0.5, 0.6) is 0 Å². The third-order valence-electron chi connectivity index (χ3n) is 12.6. The van der Waals surface area contributed by atoms with Crippen molar-refractivity contribution in [3.05, 3.63) is 212 Å². The zero-order chi connectivity index (χ0) is 40.6. The zero-order valence-corrected chi connectivity index (χ0v) is 34.4. The first-order valence-electron chi connectivity index (χ1n) is 20.9. The molecule has 0 N–H and O–H groups in total. The van der Waals surface area contributed by atoms with Gasteiger partial charge < -0.3 is 4.42 Å². The number of thiophene rings is 1. The van der Waals surface area contributed by atoms with Crippen molar-refractivity contribution in [3.8, 4) is 44.5 Å². The van der Waals surface area contributed by atoms with E-state index < -0.39 is 0 Å². The van der Waals surface area contributed by atoms with E-state index in [-0.39, 0.29) is 0 Å². The van der Waals surface area contributed by atoms with Crippen LogP contribution in [0.3, 0.4) is 0 Å². The largest absolute Gasteiger partial charge is 0.456 e. The summed E-state index contributed by atoms with van der Waals surface area (Å²) < 4.78 is 9.00. The molecule has 0 saturated heterocycles. The Bertz CT molecular complexity index is 3730. The van der Waals surface area contributed by atoms with Gasteiger partial charge in [-0.05, 0) is 114 Å². The summed E-state index contributed by atoms with van der Waals surface area (Å²) in [5.74, 6) is 0. The predicted octanol–water partition coefficient (Wildman–Crippen LogP) is 17.6. The van der Waals surface area contributed by atoms with Crippen molar-refractivity contribution in [2.45, 2.75) is 6.92 Å². The maximum absolute atomic E-state index is 6.42. The highest BCUT2D eigenvalue weighted by Crippen LogP contribution is 2.49. The average molecular weight is 795 g/mol. The lowest BCUT2D eigenvalue weighted by molar-refractivity contribution is 0.669. The number of hydrogen-bond acceptors (Lipinski definition) is 2. The number of benzene rings is 10. The third kappa shape index (κ3) is 5.46. The smallest absolute Gasteiger partial charge is 0.136 e. The quantitative estimate of drug-likeness (QED) is 0.121. The Morgan fingerprint density at radius 1 is 0.426 bits per heavy atom. The van der Waals surface area contributed by atoms with Crippen molar-refractivity contribution in [2.24, 2.45) is 0 Å². The first-order valence-corrected chi connectivity index (χ1v) is 21.7. The molecule has 2 heteroatoms. The van der Waals surface area contributed by atoms with E-state index in [0.717, 1.165) is 27.5 Å². The van der Waals surface area contributed by atoms with Crippen molar-refractivity contribution in [3.63, 3.8) is 0 Å². The maximum atomic E-state index is 6.42. The second-order valence-corrected chi connectivity index (χ2v) is 17.0. The molecule has 0 bridgehead atoms. The van der Waals surface area contributed by atoms with Crippen LogP contribution in [0, 0.1) is 6.92 Å². The Labute approximate surface area is 357 Å². The molecule has 10 aromatic carbocycles. The number of furan rings is 1. The molecule has 0 fully saturated rings. The summed E-state index contributed by atoms with van der Waals surface area (Å²) in [7, 11) is 0. The van der Waals surface area contributed by atoms with Gasteiger partial charge in [0.15, 0.2) is 0 Å². The van der Waals surface area contributed by atoms with Gasteiger partial charge in [0.1, 0.15) is 11.2 Å². The van der Waals surface area contributed by atoms with Gasteiger partial charge in [0.05, 0.1) is 0 Å². The fraction of sp³-hybridized carbons (Fsp3) is 0.0169. The molecule has 12 aromatic rings. The second-order valence-electron chi connectivity index (χ2n) is 15.9. The Morgan fingerprint density at radius 2 is 0.951 bits per heavy atom. The minimum Gasteiger partial charge on any atom is -0.456 e. The highest BCUT2D eigenvalue weighted by molar-refractivity contribution is 7.26. The van der Waals surface area contributed by atoms with E-state index in [1.165, 1.54) is 103 Å². The molecule has 0 aliphatic carbocycles. The number of fused-ring (bicyclic) bond motifs is 9. The van der Waals surface area contributed by atoms with Crippen LogP contribution in [0.2, 0.25) is 0 Å². The SMILES string of the molecule is C=C/C=C\c1c(C)c(-c2cccc3c2sc2cc(-c4c5ccccc5c(-c5ccccc5)c5ccccc45)ccc23)c2ccccc2c1-c1ccc2c(c1)oc1ccccc12. The fourth-order valence-corrected chi connectivity index (χ4v) is 11.3. The van der Waals surface area contributed by atoms with Crippen molar-refractivity contribution >= 4 is 91.8 Å². The van der Waals surface area contributed by atoms with E-state index in [0.29, 0.717) is 0 Å². The van der Waals surface area contributed by atoms with Gasteiger partial charge in [0.25, 0.3) is 0 Å². The summed E-state index contributed by atoms with van der Waals surface area (Å²) in [5.41, 5.74) is 14.1. The van der Waals surface area contributed by atoms with Crippen LogP contribution >= 0.6 is 11.3 Å². The van der Waals surface area contributed by atoms with Gasteiger partial charge in [-0.2, -0.15) is 0 Å². The molecule has 12 rings (SSSR count). The molecule has 0 unspecified atom stereocenters. The maximum Gasteiger partial charge on any atom is 0.136 e. The number of rotatable bonds is 6. The lowest BCUT2D eigenvalue weighted by Crippen LogP contribution is -1.96. The highest BCUT2D eigenvalue weighted by Gasteiger charge is 2.22. The molecule has 286 valence electrons. The molecular weight excluding hydrogens is 757 g/mol. The van der Waals surface area contributed by atoms with Crippen LogP contribution in [0.1, 0.15) is 11.1 Å². The van der Waals surface area contributed by atoms with Gasteiger partial charge in [-0.1, -0.05) is 183 Å². The summed E-state index contributed by atoms with van der Waals surface area (Å²) in [4.78, 5) is 0. The molecule has 0 atom stereocenters. The van der Waals surface area contributed by atoms with Crippen LogP contribution in [0.15, 0.2) is 205 Å². The Hall–Kier alpha value is -7.52. The monoisotopic (exact) mass is 794 g/mol. The molecule has 0 radical (unpaired) electrons. The first kappa shape index (κ1) is 35.4. The van der Waals surface area contributed by atoms with Gasteiger partial charge >= 0.3 is 0 Å². The summed E-state index contributed by atoms with van der Waals surface area (Å²) in [6.45, 7) is 6.35. The van der Waals surface area contributed by atoms with Crippen LogP contribution in [0.4, 0.5) is 0 Å². The molecule has 0 aliphatic heterocycles. The number of allylic oxidation sites excluding steroid dienone is 2. The van der Waals surface area contributed by atoms with Gasteiger partial charge in [0, 0.05) is 36.5 Å². The van der Waals surface area contributed by atoms with E-state index in [2.05, 4.69) is 196 Å². The van der Waals surface area contributed by atoms with E-state index in [9.17, 15) is 0 Å². The van der Waals surface area contributed by atoms with Gasteiger partial charge in [-0.15, -0.1) is 11.3 Å². The lowest BCUT2D eigenvalue weighted by Gasteiger charge is -2.20. The average Bonchev–Trinajstić information content (AvgIpc) is 3.88. The topological polar surface area (TPSA) is 13.1 Å². The van der Waals surface area contributed by atoms with Crippen molar-refractivity contribution in [1.82, 2.24) is 0 Å². The highest BCUT2D eigenvalue weighted by atomic mass is 32.1. The Balaban J connectivity index is 1.08. The summed E-state index contributed by atoms with van der Waals surface area (Å²) in [6.07, 6.45) is 6.16. The van der Waals surface area contributed by atoms with Gasteiger partial charge in [0.2, 0.25) is 0 Å². The molecular formula is C59H38OS. The van der Waals surface area contributed by atoms with Gasteiger partial charge in [-0.3, -0.25) is 0 Å². The standard InChI is InChI=1S/C59H38OS/c1-3-4-19-40-36(2)55(44-21-8-9-22-45(44)57(40)38-30-32-42-41-20-14-15-29-52(41)60-53(42)34-38)51-28-16-27-50-43-33-31-39(35-54(43)61-59(50)51)58-48-25-12-10-23-46(48)56(37-17-6-5-7-18-37)47-24-11-13-26-49(47)58/h3-35H,1H2,2H3/b19-4-. The summed E-state index contributed by atoms with van der Waals surface area (Å²) in [6, 6.07) is 66.5. The summed E-state index contributed by atoms with van der Waals surface area (Å²) >= 11 is 1.90. The molecule has 0 spiro atoms. The third-order valence-corrected chi connectivity index (χ3v) is 13.8. The van der Waals surface area contributed by atoms with Crippen LogP contribution in [-0.2, 0) is 0 Å². The first-order chi connectivity index (χ1) is 30.2. The molecule has 2 heterocycles. The fourth-order valence-electron chi connectivity index (χ4n) is 10.0. The van der Waals surface area contributed by atoms with Crippen LogP contribution in [-0.4, -0.2) is 0 Å². The minimum absolute atomic E-state index is 0.894. The van der Waals surface area contributed by atoms with E-state index in [4.69, 9.17) is 4.42 Å². The van der Waals surface area contributed by atoms with Crippen molar-refractivity contribution in [2.75, 3.05) is 0 Å². The van der Waals surface area contributed by atoms with Crippen molar-refractivity contribution in [1.29, 1.82) is 0 Å². The van der Waals surface area contributed by atoms with Gasteiger partial charge in [-0.25, -0.2) is 0 Å².